The second-order valence-corrected chi connectivity index (χ2v) is 10.7. The van der Waals surface area contributed by atoms with Crippen molar-refractivity contribution in [2.24, 2.45) is 0 Å². The quantitative estimate of drug-likeness (QED) is 0.313. The van der Waals surface area contributed by atoms with Crippen molar-refractivity contribution in [3.05, 3.63) is 83.3 Å². The number of aryl methyl sites for hydroxylation is 1. The molecule has 4 aromatic rings. The molecule has 0 spiro atoms. The molecule has 41 heavy (non-hydrogen) atoms. The zero-order valence-corrected chi connectivity index (χ0v) is 24.0. The Hall–Kier alpha value is -4.57. The molecule has 0 bridgehead atoms. The smallest absolute Gasteiger partial charge is 0.279 e. The Kier molecular flexibility index (Phi) is 8.11. The summed E-state index contributed by atoms with van der Waals surface area (Å²) in [6, 6.07) is 15.3. The molecular weight excluding hydrogens is 516 g/mol. The van der Waals surface area contributed by atoms with Crippen LogP contribution in [0.25, 0.3) is 22.4 Å². The van der Waals surface area contributed by atoms with Gasteiger partial charge in [0.1, 0.15) is 11.2 Å². The third-order valence-electron chi connectivity index (χ3n) is 7.44. The number of carbonyl (C=O) groups is 1. The lowest BCUT2D eigenvalue weighted by Gasteiger charge is -2.23. The molecule has 5 rings (SSSR count). The Labute approximate surface area is 240 Å². The van der Waals surface area contributed by atoms with Crippen LogP contribution in [0, 0.1) is 6.92 Å². The van der Waals surface area contributed by atoms with Gasteiger partial charge in [0, 0.05) is 50.2 Å². The van der Waals surface area contributed by atoms with Crippen molar-refractivity contribution in [1.29, 1.82) is 0 Å². The molecule has 3 heterocycles. The summed E-state index contributed by atoms with van der Waals surface area (Å²) in [5.74, 6) is 0.218. The Bertz CT molecular complexity index is 1630. The maximum atomic E-state index is 13.9. The minimum absolute atomic E-state index is 0.148. The Morgan fingerprint density at radius 1 is 1.12 bits per heavy atom. The maximum absolute atomic E-state index is 13.9. The molecule has 1 N–H and O–H groups in total. The number of rotatable bonds is 9. The van der Waals surface area contributed by atoms with Crippen LogP contribution in [0.1, 0.15) is 18.0 Å². The van der Waals surface area contributed by atoms with E-state index in [1.54, 1.807) is 15.7 Å². The van der Waals surface area contributed by atoms with Crippen LogP contribution in [0.15, 0.2) is 72.2 Å². The highest BCUT2D eigenvalue weighted by molar-refractivity contribution is 5.87. The summed E-state index contributed by atoms with van der Waals surface area (Å²) in [5.41, 5.74) is 4.88. The second-order valence-electron chi connectivity index (χ2n) is 10.7. The monoisotopic (exact) mass is 552 g/mol. The molecule has 10 heteroatoms. The summed E-state index contributed by atoms with van der Waals surface area (Å²) in [6.07, 6.45) is 3.58. The summed E-state index contributed by atoms with van der Waals surface area (Å²) in [4.78, 5) is 46.3. The minimum atomic E-state index is -0.249. The highest BCUT2D eigenvalue weighted by Crippen LogP contribution is 2.27. The van der Waals surface area contributed by atoms with E-state index in [1.807, 2.05) is 36.4 Å². The van der Waals surface area contributed by atoms with Crippen LogP contribution in [0.5, 0.6) is 0 Å². The van der Waals surface area contributed by atoms with E-state index >= 15 is 0 Å². The molecule has 0 radical (unpaired) electrons. The van der Waals surface area contributed by atoms with Crippen LogP contribution in [0.4, 0.5) is 17.3 Å². The Morgan fingerprint density at radius 2 is 1.90 bits per heavy atom. The third kappa shape index (κ3) is 5.97. The number of anilines is 3. The maximum Gasteiger partial charge on any atom is 0.279 e. The summed E-state index contributed by atoms with van der Waals surface area (Å²) in [7, 11) is 6.23. The van der Waals surface area contributed by atoms with Crippen LogP contribution < -0.4 is 15.8 Å². The van der Waals surface area contributed by atoms with Gasteiger partial charge in [-0.05, 0) is 57.3 Å². The van der Waals surface area contributed by atoms with Crippen LogP contribution in [-0.4, -0.2) is 82.5 Å². The van der Waals surface area contributed by atoms with Crippen molar-refractivity contribution < 1.29 is 4.79 Å². The molecule has 0 unspecified atom stereocenters. The second kappa shape index (κ2) is 11.9. The summed E-state index contributed by atoms with van der Waals surface area (Å²) in [6.45, 7) is 8.50. The summed E-state index contributed by atoms with van der Waals surface area (Å²) >= 11 is 0. The first-order chi connectivity index (χ1) is 19.7. The molecule has 0 saturated carbocycles. The number of nitrogens with one attached hydrogen (secondary N) is 1. The van der Waals surface area contributed by atoms with Gasteiger partial charge in [-0.2, -0.15) is 4.98 Å². The molecule has 1 aliphatic heterocycles. The van der Waals surface area contributed by atoms with E-state index in [0.29, 0.717) is 42.3 Å². The van der Waals surface area contributed by atoms with Crippen molar-refractivity contribution in [3.63, 3.8) is 0 Å². The first kappa shape index (κ1) is 28.0. The van der Waals surface area contributed by atoms with Gasteiger partial charge < -0.3 is 20.0 Å². The molecule has 1 aliphatic rings. The molecule has 212 valence electrons. The van der Waals surface area contributed by atoms with Crippen LogP contribution in [-0.2, 0) is 4.79 Å². The van der Waals surface area contributed by atoms with E-state index in [1.165, 1.54) is 6.08 Å². The summed E-state index contributed by atoms with van der Waals surface area (Å²) < 4.78 is 1.68. The first-order valence-corrected chi connectivity index (χ1v) is 13.7. The van der Waals surface area contributed by atoms with Gasteiger partial charge in [0.25, 0.3) is 5.56 Å². The van der Waals surface area contributed by atoms with Crippen molar-refractivity contribution >= 4 is 34.4 Å². The fourth-order valence-electron chi connectivity index (χ4n) is 5.23. The van der Waals surface area contributed by atoms with Crippen molar-refractivity contribution in [3.8, 4) is 11.3 Å². The molecule has 2 aromatic heterocycles. The predicted octanol–water partition coefficient (Wildman–Crippen LogP) is 3.86. The number of aromatic nitrogens is 4. The zero-order valence-electron chi connectivity index (χ0n) is 24.0. The number of hydrogen-bond donors (Lipinski definition) is 1. The normalized spacial score (nSPS) is 15.0. The van der Waals surface area contributed by atoms with Gasteiger partial charge in [-0.15, -0.1) is 0 Å². The van der Waals surface area contributed by atoms with E-state index < -0.39 is 0 Å². The first-order valence-electron chi connectivity index (χ1n) is 13.7. The SMILES string of the molecule is C=CC(=O)N1CC[C@H](n2c(=O)c(-c3ccccc3)nc3cnc(Nc4ccc(N(C)CCN(C)C)c(C)c4)nc32)C1. The zero-order chi connectivity index (χ0) is 29.1. The molecule has 1 atom stereocenters. The number of carbonyl (C=O) groups excluding carboxylic acids is 1. The van der Waals surface area contributed by atoms with E-state index in [9.17, 15) is 9.59 Å². The molecule has 0 aliphatic carbocycles. The number of likely N-dealkylation sites (tertiary alicyclic amines) is 1. The average Bonchev–Trinajstić information content (AvgIpc) is 3.45. The van der Waals surface area contributed by atoms with E-state index in [4.69, 9.17) is 4.98 Å². The number of amides is 1. The molecular formula is C31H36N8O2. The van der Waals surface area contributed by atoms with E-state index in [0.717, 1.165) is 35.6 Å². The molecule has 1 saturated heterocycles. The lowest BCUT2D eigenvalue weighted by Crippen LogP contribution is -2.32. The topological polar surface area (TPSA) is 99.5 Å². The van der Waals surface area contributed by atoms with Gasteiger partial charge >= 0.3 is 0 Å². The van der Waals surface area contributed by atoms with Gasteiger partial charge in [0.05, 0.1) is 12.2 Å². The van der Waals surface area contributed by atoms with Crippen molar-refractivity contribution in [1.82, 2.24) is 29.3 Å². The fraction of sp³-hybridized carbons (Fsp3) is 0.323. The predicted molar refractivity (Wildman–Crippen MR) is 164 cm³/mol. The number of hydrogen-bond acceptors (Lipinski definition) is 8. The fourth-order valence-corrected chi connectivity index (χ4v) is 5.23. The summed E-state index contributed by atoms with van der Waals surface area (Å²) in [5, 5.41) is 3.30. The Balaban J connectivity index is 1.51. The lowest BCUT2D eigenvalue weighted by molar-refractivity contribution is -0.125. The number of benzene rings is 2. The number of likely N-dealkylation sites (N-methyl/N-ethyl adjacent to an activating group) is 2. The van der Waals surface area contributed by atoms with E-state index in [2.05, 4.69) is 71.9 Å². The van der Waals surface area contributed by atoms with Crippen LogP contribution in [0.3, 0.4) is 0 Å². The molecule has 2 aromatic carbocycles. The number of nitrogens with zero attached hydrogens (tertiary/aromatic N) is 7. The molecule has 1 fully saturated rings. The van der Waals surface area contributed by atoms with Gasteiger partial charge in [-0.25, -0.2) is 9.97 Å². The van der Waals surface area contributed by atoms with Crippen molar-refractivity contribution in [2.75, 3.05) is 57.5 Å². The van der Waals surface area contributed by atoms with Gasteiger partial charge in [-0.1, -0.05) is 36.9 Å². The highest BCUT2D eigenvalue weighted by Gasteiger charge is 2.30. The highest BCUT2D eigenvalue weighted by atomic mass is 16.2. The van der Waals surface area contributed by atoms with Gasteiger partial charge in [0.15, 0.2) is 5.65 Å². The van der Waals surface area contributed by atoms with Gasteiger partial charge in [0.2, 0.25) is 11.9 Å². The standard InChI is InChI=1S/C31H36N8O2/c1-6-27(40)38-15-14-24(20-38)39-29-25(34-28(30(39)41)22-10-8-7-9-11-22)19-32-31(35-29)33-23-12-13-26(21(2)18-23)37(5)17-16-36(3)4/h6-13,18-19,24H,1,14-17,20H2,2-5H3,(H,32,33,35)/t24-/m0/s1. The molecule has 1 amide bonds. The van der Waals surface area contributed by atoms with Crippen LogP contribution in [0.2, 0.25) is 0 Å². The lowest BCUT2D eigenvalue weighted by atomic mass is 10.1. The van der Waals surface area contributed by atoms with Crippen molar-refractivity contribution in [2.45, 2.75) is 19.4 Å². The number of fused-ring (bicyclic) bond motifs is 1. The largest absolute Gasteiger partial charge is 0.373 e. The average molecular weight is 553 g/mol. The van der Waals surface area contributed by atoms with Crippen LogP contribution >= 0.6 is 0 Å². The third-order valence-corrected chi connectivity index (χ3v) is 7.44. The molecule has 10 nitrogen and oxygen atoms in total. The van der Waals surface area contributed by atoms with E-state index in [-0.39, 0.29) is 17.5 Å². The minimum Gasteiger partial charge on any atom is -0.373 e. The van der Waals surface area contributed by atoms with Gasteiger partial charge in [-0.3, -0.25) is 14.2 Å². The Morgan fingerprint density at radius 3 is 2.61 bits per heavy atom.